The van der Waals surface area contributed by atoms with Gasteiger partial charge in [0.1, 0.15) is 10.8 Å². The molecule has 1 aromatic rings. The second kappa shape index (κ2) is 5.35. The number of carboxylic acids is 1. The average Bonchev–Trinajstić information content (AvgIpc) is 2.74. The Kier molecular flexibility index (Phi) is 3.96. The summed E-state index contributed by atoms with van der Waals surface area (Å²) in [5.74, 6) is -1.93. The average molecular weight is 303 g/mol. The fourth-order valence-electron chi connectivity index (χ4n) is 2.17. The van der Waals surface area contributed by atoms with E-state index >= 15 is 0 Å². The number of aliphatic carboxylic acids is 1. The highest BCUT2D eigenvalue weighted by Gasteiger charge is 2.38. The van der Waals surface area contributed by atoms with Gasteiger partial charge in [0, 0.05) is 13.1 Å². The molecule has 5 nitrogen and oxygen atoms in total. The molecule has 0 bridgehead atoms. The molecule has 102 valence electrons. The van der Waals surface area contributed by atoms with Crippen molar-refractivity contribution in [2.45, 2.75) is 6.92 Å². The van der Waals surface area contributed by atoms with Gasteiger partial charge in [0.15, 0.2) is 0 Å². The monoisotopic (exact) mass is 302 g/mol. The fourth-order valence-corrected chi connectivity index (χ4v) is 2.51. The molecular formula is C12H12Cl2N2O3. The molecule has 19 heavy (non-hydrogen) atoms. The van der Waals surface area contributed by atoms with E-state index in [1.54, 1.807) is 6.92 Å². The zero-order valence-corrected chi connectivity index (χ0v) is 11.6. The van der Waals surface area contributed by atoms with Gasteiger partial charge < -0.3 is 10.0 Å². The van der Waals surface area contributed by atoms with Gasteiger partial charge in [-0.25, -0.2) is 4.98 Å². The summed E-state index contributed by atoms with van der Waals surface area (Å²) in [6.07, 6.45) is 0. The summed E-state index contributed by atoms with van der Waals surface area (Å²) in [6.45, 7) is 2.35. The number of carbonyl (C=O) groups is 2. The van der Waals surface area contributed by atoms with Crippen LogP contribution in [0.3, 0.4) is 0 Å². The number of halogens is 2. The zero-order valence-electron chi connectivity index (χ0n) is 10.1. The molecule has 0 aliphatic carbocycles. The molecule has 0 spiro atoms. The van der Waals surface area contributed by atoms with Gasteiger partial charge in [0.25, 0.3) is 5.91 Å². The van der Waals surface area contributed by atoms with Crippen molar-refractivity contribution in [1.29, 1.82) is 0 Å². The van der Waals surface area contributed by atoms with E-state index in [4.69, 9.17) is 28.3 Å². The van der Waals surface area contributed by atoms with Crippen LogP contribution in [0.1, 0.15) is 17.4 Å². The van der Waals surface area contributed by atoms with Gasteiger partial charge in [0.05, 0.1) is 10.9 Å². The lowest BCUT2D eigenvalue weighted by molar-refractivity contribution is -0.142. The van der Waals surface area contributed by atoms with Crippen LogP contribution in [-0.2, 0) is 4.79 Å². The van der Waals surface area contributed by atoms with E-state index in [0.29, 0.717) is 6.54 Å². The summed E-state index contributed by atoms with van der Waals surface area (Å²) in [6, 6.07) is 2.99. The fraction of sp³-hybridized carbons (Fsp3) is 0.417. The van der Waals surface area contributed by atoms with Gasteiger partial charge >= 0.3 is 5.97 Å². The molecule has 2 unspecified atom stereocenters. The number of carbonyl (C=O) groups excluding carboxylic acids is 1. The highest BCUT2D eigenvalue weighted by Crippen LogP contribution is 2.26. The highest BCUT2D eigenvalue weighted by molar-refractivity contribution is 6.34. The lowest BCUT2D eigenvalue weighted by atomic mass is 9.99. The summed E-state index contributed by atoms with van der Waals surface area (Å²) in [5.41, 5.74) is 0.0624. The minimum absolute atomic E-state index is 0.0624. The van der Waals surface area contributed by atoms with Crippen molar-refractivity contribution in [3.8, 4) is 0 Å². The number of pyridine rings is 1. The van der Waals surface area contributed by atoms with E-state index < -0.39 is 11.9 Å². The second-order valence-electron chi connectivity index (χ2n) is 4.60. The van der Waals surface area contributed by atoms with Crippen LogP contribution in [0.4, 0.5) is 0 Å². The summed E-state index contributed by atoms with van der Waals surface area (Å²) in [5, 5.41) is 9.44. The third kappa shape index (κ3) is 2.82. The number of hydrogen-bond acceptors (Lipinski definition) is 3. The molecule has 1 saturated heterocycles. The maximum atomic E-state index is 12.3. The van der Waals surface area contributed by atoms with Crippen molar-refractivity contribution < 1.29 is 14.7 Å². The number of likely N-dealkylation sites (tertiary alicyclic amines) is 1. The predicted molar refractivity (Wildman–Crippen MR) is 70.5 cm³/mol. The first-order valence-corrected chi connectivity index (χ1v) is 6.50. The van der Waals surface area contributed by atoms with E-state index in [0.717, 1.165) is 0 Å². The summed E-state index contributed by atoms with van der Waals surface area (Å²) in [4.78, 5) is 28.7. The molecule has 0 radical (unpaired) electrons. The molecule has 1 aliphatic heterocycles. The normalized spacial score (nSPS) is 22.6. The topological polar surface area (TPSA) is 70.5 Å². The summed E-state index contributed by atoms with van der Waals surface area (Å²) < 4.78 is 0. The smallest absolute Gasteiger partial charge is 0.308 e. The van der Waals surface area contributed by atoms with Crippen LogP contribution >= 0.6 is 23.2 Å². The number of rotatable bonds is 2. The van der Waals surface area contributed by atoms with Crippen LogP contribution < -0.4 is 0 Å². The molecule has 2 heterocycles. The summed E-state index contributed by atoms with van der Waals surface area (Å²) in [7, 11) is 0. The molecule has 1 amide bonds. The van der Waals surface area contributed by atoms with E-state index in [9.17, 15) is 9.59 Å². The number of carboxylic acid groups (broad SMARTS) is 1. The van der Waals surface area contributed by atoms with Crippen molar-refractivity contribution in [3.05, 3.63) is 28.0 Å². The Labute approximate surface area is 120 Å². The largest absolute Gasteiger partial charge is 0.481 e. The van der Waals surface area contributed by atoms with Gasteiger partial charge in [-0.2, -0.15) is 0 Å². The van der Waals surface area contributed by atoms with Crippen LogP contribution in [0.2, 0.25) is 10.2 Å². The van der Waals surface area contributed by atoms with E-state index in [1.165, 1.54) is 17.0 Å². The third-order valence-corrected chi connectivity index (χ3v) is 3.75. The first-order chi connectivity index (χ1) is 8.90. The SMILES string of the molecule is CC1CN(C(=O)c2nc(Cl)ccc2Cl)CC1C(=O)O. The minimum Gasteiger partial charge on any atom is -0.481 e. The van der Waals surface area contributed by atoms with E-state index in [1.807, 2.05) is 0 Å². The van der Waals surface area contributed by atoms with Gasteiger partial charge in [0.2, 0.25) is 0 Å². The quantitative estimate of drug-likeness (QED) is 0.850. The van der Waals surface area contributed by atoms with Crippen LogP contribution in [0.5, 0.6) is 0 Å². The standard InChI is InChI=1S/C12H12Cl2N2O3/c1-6-4-16(5-7(6)12(18)19)11(17)10-8(13)2-3-9(14)15-10/h2-3,6-7H,4-5H2,1H3,(H,18,19). The molecule has 0 aromatic carbocycles. The Bertz CT molecular complexity index is 536. The number of hydrogen-bond donors (Lipinski definition) is 1. The minimum atomic E-state index is -0.895. The molecule has 7 heteroatoms. The van der Waals surface area contributed by atoms with E-state index in [-0.39, 0.29) is 34.2 Å². The number of nitrogens with zero attached hydrogens (tertiary/aromatic N) is 2. The Morgan fingerprint density at radius 2 is 2.05 bits per heavy atom. The van der Waals surface area contributed by atoms with Crippen molar-refractivity contribution in [2.24, 2.45) is 11.8 Å². The molecular weight excluding hydrogens is 291 g/mol. The zero-order chi connectivity index (χ0) is 14.2. The number of amides is 1. The van der Waals surface area contributed by atoms with Crippen LogP contribution in [0, 0.1) is 11.8 Å². The first kappa shape index (κ1) is 14.1. The first-order valence-electron chi connectivity index (χ1n) is 5.74. The Balaban J connectivity index is 2.22. The number of aromatic nitrogens is 1. The van der Waals surface area contributed by atoms with Crippen molar-refractivity contribution in [3.63, 3.8) is 0 Å². The predicted octanol–water partition coefficient (Wildman–Crippen LogP) is 2.18. The Morgan fingerprint density at radius 1 is 1.37 bits per heavy atom. The molecule has 2 rings (SSSR count). The Hall–Kier alpha value is -1.33. The van der Waals surface area contributed by atoms with Crippen LogP contribution in [0.15, 0.2) is 12.1 Å². The lowest BCUT2D eigenvalue weighted by Crippen LogP contribution is -2.30. The van der Waals surface area contributed by atoms with Crippen LogP contribution in [-0.4, -0.2) is 40.0 Å². The molecule has 0 saturated carbocycles. The van der Waals surface area contributed by atoms with Gasteiger partial charge in [-0.3, -0.25) is 9.59 Å². The lowest BCUT2D eigenvalue weighted by Gasteiger charge is -2.16. The molecule has 1 aliphatic rings. The second-order valence-corrected chi connectivity index (χ2v) is 5.39. The van der Waals surface area contributed by atoms with E-state index in [2.05, 4.69) is 4.98 Å². The summed E-state index contributed by atoms with van der Waals surface area (Å²) >= 11 is 11.7. The molecule has 1 N–H and O–H groups in total. The molecule has 2 atom stereocenters. The third-order valence-electron chi connectivity index (χ3n) is 3.23. The maximum Gasteiger partial charge on any atom is 0.308 e. The highest BCUT2D eigenvalue weighted by atomic mass is 35.5. The molecule has 1 aromatic heterocycles. The van der Waals surface area contributed by atoms with Crippen molar-refractivity contribution >= 4 is 35.1 Å². The van der Waals surface area contributed by atoms with Crippen molar-refractivity contribution in [2.75, 3.05) is 13.1 Å². The van der Waals surface area contributed by atoms with Gasteiger partial charge in [-0.15, -0.1) is 0 Å². The molecule has 1 fully saturated rings. The van der Waals surface area contributed by atoms with Crippen LogP contribution in [0.25, 0.3) is 0 Å². The van der Waals surface area contributed by atoms with Gasteiger partial charge in [-0.05, 0) is 18.1 Å². The van der Waals surface area contributed by atoms with Gasteiger partial charge in [-0.1, -0.05) is 30.1 Å². The maximum absolute atomic E-state index is 12.3. The van der Waals surface area contributed by atoms with Crippen molar-refractivity contribution in [1.82, 2.24) is 9.88 Å². The Morgan fingerprint density at radius 3 is 2.63 bits per heavy atom.